The van der Waals surface area contributed by atoms with Gasteiger partial charge in [0.15, 0.2) is 0 Å². The van der Waals surface area contributed by atoms with Gasteiger partial charge in [0.2, 0.25) is 15.9 Å². The molecule has 0 saturated carbocycles. The lowest BCUT2D eigenvalue weighted by molar-refractivity contribution is -0.122. The molecule has 0 aliphatic heterocycles. The molecule has 0 spiro atoms. The van der Waals surface area contributed by atoms with Crippen LogP contribution in [0.3, 0.4) is 0 Å². The van der Waals surface area contributed by atoms with Crippen molar-refractivity contribution in [1.29, 1.82) is 0 Å². The number of nitrogens with two attached hydrogens (primary N) is 1. The number of amides is 1. The van der Waals surface area contributed by atoms with Crippen LogP contribution in [0.15, 0.2) is 46.7 Å². The summed E-state index contributed by atoms with van der Waals surface area (Å²) in [6.07, 6.45) is 0.455. The van der Waals surface area contributed by atoms with Crippen LogP contribution in [0, 0.1) is 0 Å². The first-order valence-electron chi connectivity index (χ1n) is 7.02. The number of thiophene rings is 1. The summed E-state index contributed by atoms with van der Waals surface area (Å²) in [6, 6.07) is 12.1. The fourth-order valence-corrected chi connectivity index (χ4v) is 4.10. The van der Waals surface area contributed by atoms with Crippen molar-refractivity contribution in [1.82, 2.24) is 10.0 Å². The van der Waals surface area contributed by atoms with E-state index in [0.29, 0.717) is 6.42 Å². The van der Waals surface area contributed by atoms with Gasteiger partial charge in [0, 0.05) is 4.88 Å². The summed E-state index contributed by atoms with van der Waals surface area (Å²) in [6.45, 7) is 0.255. The lowest BCUT2D eigenvalue weighted by Crippen LogP contribution is -2.41. The molecule has 1 aromatic carbocycles. The van der Waals surface area contributed by atoms with Gasteiger partial charge in [-0.25, -0.2) is 13.1 Å². The number of carbonyl (C=O) groups is 1. The number of hydrogen-bond acceptors (Lipinski definition) is 5. The van der Waals surface area contributed by atoms with Crippen LogP contribution in [0.25, 0.3) is 0 Å². The van der Waals surface area contributed by atoms with Crippen molar-refractivity contribution in [2.24, 2.45) is 5.73 Å². The summed E-state index contributed by atoms with van der Waals surface area (Å²) in [4.78, 5) is 12.8. The minimum Gasteiger partial charge on any atom is -0.350 e. The Hall–Kier alpha value is -1.45. The molecule has 132 valence electrons. The van der Waals surface area contributed by atoms with Crippen molar-refractivity contribution in [3.05, 3.63) is 52.9 Å². The average Bonchev–Trinajstić information content (AvgIpc) is 3.03. The van der Waals surface area contributed by atoms with Crippen molar-refractivity contribution in [3.8, 4) is 0 Å². The molecule has 9 heteroatoms. The van der Waals surface area contributed by atoms with E-state index in [1.165, 1.54) is 13.1 Å². The molecular weight excluding hydrogens is 370 g/mol. The van der Waals surface area contributed by atoms with E-state index < -0.39 is 16.1 Å². The first kappa shape index (κ1) is 20.6. The van der Waals surface area contributed by atoms with E-state index >= 15 is 0 Å². The van der Waals surface area contributed by atoms with Crippen molar-refractivity contribution < 1.29 is 13.2 Å². The Labute approximate surface area is 151 Å². The van der Waals surface area contributed by atoms with Gasteiger partial charge in [-0.1, -0.05) is 30.3 Å². The normalized spacial score (nSPS) is 12.2. The molecule has 0 fully saturated rings. The zero-order valence-corrected chi connectivity index (χ0v) is 15.5. The molecule has 6 nitrogen and oxygen atoms in total. The molecule has 0 aliphatic carbocycles. The van der Waals surface area contributed by atoms with E-state index in [1.807, 2.05) is 30.3 Å². The highest BCUT2D eigenvalue weighted by molar-refractivity contribution is 7.91. The SMILES string of the molecule is CNS(=O)(=O)c1ccc(CNC(=O)[C@@H](N)Cc2ccccc2)s1.Cl. The van der Waals surface area contributed by atoms with Crippen LogP contribution in [0.2, 0.25) is 0 Å². The van der Waals surface area contributed by atoms with Crippen LogP contribution in [-0.4, -0.2) is 27.4 Å². The largest absolute Gasteiger partial charge is 0.350 e. The second-order valence-corrected chi connectivity index (χ2v) is 8.22. The summed E-state index contributed by atoms with van der Waals surface area (Å²) >= 11 is 1.12. The summed E-state index contributed by atoms with van der Waals surface area (Å²) in [5.41, 5.74) is 6.89. The molecule has 4 N–H and O–H groups in total. The van der Waals surface area contributed by atoms with E-state index in [4.69, 9.17) is 5.73 Å². The molecule has 1 heterocycles. The summed E-state index contributed by atoms with van der Waals surface area (Å²) < 4.78 is 25.8. The summed E-state index contributed by atoms with van der Waals surface area (Å²) in [7, 11) is -2.08. The van der Waals surface area contributed by atoms with Crippen molar-refractivity contribution >= 4 is 39.7 Å². The molecule has 0 unspecified atom stereocenters. The number of hydrogen-bond donors (Lipinski definition) is 3. The maximum absolute atomic E-state index is 12.0. The molecule has 2 rings (SSSR count). The minimum atomic E-state index is -3.44. The Balaban J connectivity index is 0.00000288. The predicted octanol–water partition coefficient (Wildman–Crippen LogP) is 1.26. The maximum atomic E-state index is 12.0. The van der Waals surface area contributed by atoms with Gasteiger partial charge in [0.25, 0.3) is 0 Å². The minimum absolute atomic E-state index is 0. The quantitative estimate of drug-likeness (QED) is 0.663. The third kappa shape index (κ3) is 5.57. The Bertz CT molecular complexity index is 763. The van der Waals surface area contributed by atoms with Gasteiger partial charge < -0.3 is 11.1 Å². The Kier molecular flexibility index (Phi) is 7.85. The fourth-order valence-electron chi connectivity index (χ4n) is 1.96. The van der Waals surface area contributed by atoms with Crippen molar-refractivity contribution in [3.63, 3.8) is 0 Å². The molecule has 2 aromatic rings. The molecule has 0 saturated heterocycles. The van der Waals surface area contributed by atoms with Crippen LogP contribution in [0.5, 0.6) is 0 Å². The van der Waals surface area contributed by atoms with Gasteiger partial charge in [0.1, 0.15) is 4.21 Å². The van der Waals surface area contributed by atoms with Gasteiger partial charge in [-0.2, -0.15) is 0 Å². The second kappa shape index (κ2) is 9.14. The lowest BCUT2D eigenvalue weighted by atomic mass is 10.1. The smallest absolute Gasteiger partial charge is 0.249 e. The van der Waals surface area contributed by atoms with Gasteiger partial charge >= 0.3 is 0 Å². The fraction of sp³-hybridized carbons (Fsp3) is 0.267. The van der Waals surface area contributed by atoms with E-state index in [0.717, 1.165) is 21.8 Å². The Morgan fingerprint density at radius 1 is 1.21 bits per heavy atom. The highest BCUT2D eigenvalue weighted by Crippen LogP contribution is 2.21. The molecule has 1 atom stereocenters. The molecule has 0 aliphatic rings. The number of nitrogens with one attached hydrogen (secondary N) is 2. The van der Waals surface area contributed by atoms with Crippen LogP contribution in [0.1, 0.15) is 10.4 Å². The predicted molar refractivity (Wildman–Crippen MR) is 97.8 cm³/mol. The standard InChI is InChI=1S/C15H19N3O3S2.ClH/c1-17-23(20,21)14-8-7-12(22-14)10-18-15(19)13(16)9-11-5-3-2-4-6-11;/h2-8,13,17H,9-10,16H2,1H3,(H,18,19);1H/t13-;/m0./s1. The van der Waals surface area contributed by atoms with Crippen LogP contribution in [0.4, 0.5) is 0 Å². The van der Waals surface area contributed by atoms with Gasteiger partial charge in [-0.3, -0.25) is 4.79 Å². The van der Waals surface area contributed by atoms with Crippen molar-refractivity contribution in [2.75, 3.05) is 7.05 Å². The molecule has 1 amide bonds. The summed E-state index contributed by atoms with van der Waals surface area (Å²) in [5, 5.41) is 2.73. The molecule has 1 aromatic heterocycles. The lowest BCUT2D eigenvalue weighted by Gasteiger charge is -2.11. The van der Waals surface area contributed by atoms with E-state index in [9.17, 15) is 13.2 Å². The zero-order chi connectivity index (χ0) is 16.9. The maximum Gasteiger partial charge on any atom is 0.249 e. The highest BCUT2D eigenvalue weighted by atomic mass is 35.5. The van der Waals surface area contributed by atoms with Gasteiger partial charge in [-0.15, -0.1) is 23.7 Å². The molecule has 0 radical (unpaired) electrons. The van der Waals surface area contributed by atoms with Crippen LogP contribution < -0.4 is 15.8 Å². The topological polar surface area (TPSA) is 101 Å². The van der Waals surface area contributed by atoms with E-state index in [-0.39, 0.29) is 29.1 Å². The van der Waals surface area contributed by atoms with Gasteiger partial charge in [0.05, 0.1) is 12.6 Å². The third-order valence-electron chi connectivity index (χ3n) is 3.24. The monoisotopic (exact) mass is 389 g/mol. The highest BCUT2D eigenvalue weighted by Gasteiger charge is 2.16. The van der Waals surface area contributed by atoms with E-state index in [2.05, 4.69) is 10.0 Å². The second-order valence-electron chi connectivity index (χ2n) is 4.94. The average molecular weight is 390 g/mol. The molecule has 24 heavy (non-hydrogen) atoms. The van der Waals surface area contributed by atoms with Gasteiger partial charge in [-0.05, 0) is 31.2 Å². The number of rotatable bonds is 7. The van der Waals surface area contributed by atoms with Crippen molar-refractivity contribution in [2.45, 2.75) is 23.2 Å². The first-order chi connectivity index (χ1) is 10.9. The summed E-state index contributed by atoms with van der Waals surface area (Å²) in [5.74, 6) is -0.264. The first-order valence-corrected chi connectivity index (χ1v) is 9.32. The van der Waals surface area contributed by atoms with Crippen LogP contribution in [-0.2, 0) is 27.8 Å². The Morgan fingerprint density at radius 2 is 1.88 bits per heavy atom. The number of benzene rings is 1. The van der Waals surface area contributed by atoms with E-state index in [1.54, 1.807) is 6.07 Å². The zero-order valence-electron chi connectivity index (χ0n) is 13.1. The van der Waals surface area contributed by atoms with Crippen LogP contribution >= 0.6 is 23.7 Å². The number of halogens is 1. The number of sulfonamides is 1. The molecule has 0 bridgehead atoms. The third-order valence-corrected chi connectivity index (χ3v) is 6.23. The Morgan fingerprint density at radius 3 is 2.50 bits per heavy atom. The molecular formula is C15H20ClN3O3S2. The number of carbonyl (C=O) groups excluding carboxylic acids is 1.